The second-order valence-corrected chi connectivity index (χ2v) is 10.4. The number of ether oxygens (including phenoxy) is 1. The number of benzene rings is 2. The summed E-state index contributed by atoms with van der Waals surface area (Å²) in [5.74, 6) is -4.00. The van der Waals surface area contributed by atoms with Crippen LogP contribution in [0.15, 0.2) is 30.3 Å². The molecule has 2 aliphatic rings. The second-order valence-electron chi connectivity index (χ2n) is 9.99. The number of anilines is 2. The Morgan fingerprint density at radius 3 is 2.61 bits per heavy atom. The molecule has 8 nitrogen and oxygen atoms in total. The van der Waals surface area contributed by atoms with Crippen LogP contribution in [0, 0.1) is 11.6 Å². The highest BCUT2D eigenvalue weighted by Crippen LogP contribution is 2.32. The van der Waals surface area contributed by atoms with E-state index in [9.17, 15) is 31.5 Å². The molecule has 2 aromatic rings. The molecule has 0 spiro atoms. The molecule has 0 radical (unpaired) electrons. The molecule has 0 saturated carbocycles. The van der Waals surface area contributed by atoms with Gasteiger partial charge in [0, 0.05) is 62.4 Å². The smallest absolute Gasteiger partial charge is 0.367 e. The average molecular weight is 604 g/mol. The fraction of sp³-hybridized carbons (Fsp3) is 0.481. The van der Waals surface area contributed by atoms with Crippen LogP contribution in [0.25, 0.3) is 0 Å². The normalized spacial score (nSPS) is 20.1. The van der Waals surface area contributed by atoms with Gasteiger partial charge in [0.2, 0.25) is 0 Å². The third-order valence-corrected chi connectivity index (χ3v) is 7.31. The molecule has 0 aliphatic carbocycles. The van der Waals surface area contributed by atoms with Gasteiger partial charge >= 0.3 is 6.18 Å². The minimum atomic E-state index is -4.25. The summed E-state index contributed by atoms with van der Waals surface area (Å²) in [4.78, 5) is 28.9. The topological polar surface area (TPSA) is 85.9 Å². The number of alkyl halides is 3. The van der Waals surface area contributed by atoms with Gasteiger partial charge in [-0.3, -0.25) is 14.5 Å². The molecule has 2 amide bonds. The summed E-state index contributed by atoms with van der Waals surface area (Å²) >= 11 is 6.19. The van der Waals surface area contributed by atoms with E-state index in [0.29, 0.717) is 50.0 Å². The molecule has 224 valence electrons. The zero-order chi connectivity index (χ0) is 29.7. The molecule has 41 heavy (non-hydrogen) atoms. The molecule has 2 aromatic carbocycles. The molecule has 2 aliphatic heterocycles. The van der Waals surface area contributed by atoms with Gasteiger partial charge in [0.25, 0.3) is 11.8 Å². The van der Waals surface area contributed by atoms with E-state index < -0.39 is 47.7 Å². The lowest BCUT2D eigenvalue weighted by molar-refractivity contribution is -0.139. The molecule has 2 heterocycles. The number of rotatable bonds is 8. The molecule has 0 aromatic heterocycles. The molecular weight excluding hydrogens is 573 g/mol. The summed E-state index contributed by atoms with van der Waals surface area (Å²) in [6.07, 6.45) is -5.89. The SMILES string of the molecule is C[C@@H]1CN(c2cc(Cl)ccc2NC(=O)c2ccc(CNC(=O)[C@H]3CNCCO3)c(F)c2F)CCN1CCC(F)(F)F. The highest BCUT2D eigenvalue weighted by atomic mass is 35.5. The van der Waals surface area contributed by atoms with Crippen LogP contribution in [0.1, 0.15) is 29.3 Å². The van der Waals surface area contributed by atoms with Crippen molar-refractivity contribution in [1.82, 2.24) is 15.5 Å². The summed E-state index contributed by atoms with van der Waals surface area (Å²) in [5.41, 5.74) is 0.116. The molecule has 14 heteroatoms. The van der Waals surface area contributed by atoms with E-state index in [1.165, 1.54) is 18.2 Å². The number of halogens is 6. The maximum absolute atomic E-state index is 15.0. The van der Waals surface area contributed by atoms with Gasteiger partial charge in [-0.1, -0.05) is 17.7 Å². The number of morpholine rings is 1. The maximum atomic E-state index is 15.0. The Kier molecular flexibility index (Phi) is 10.1. The van der Waals surface area contributed by atoms with Gasteiger partial charge in [0.15, 0.2) is 11.6 Å². The second kappa shape index (κ2) is 13.3. The number of piperazine rings is 1. The van der Waals surface area contributed by atoms with E-state index in [1.54, 1.807) is 11.0 Å². The van der Waals surface area contributed by atoms with Crippen molar-refractivity contribution in [3.05, 3.63) is 58.1 Å². The quantitative estimate of drug-likeness (QED) is 0.397. The van der Waals surface area contributed by atoms with Crippen molar-refractivity contribution in [2.75, 3.05) is 56.1 Å². The third-order valence-electron chi connectivity index (χ3n) is 7.08. The van der Waals surface area contributed by atoms with Crippen molar-refractivity contribution in [3.63, 3.8) is 0 Å². The molecule has 0 bridgehead atoms. The zero-order valence-corrected chi connectivity index (χ0v) is 23.0. The van der Waals surface area contributed by atoms with Crippen molar-refractivity contribution in [2.45, 2.75) is 38.2 Å². The standard InChI is InChI=1S/C27H31ClF5N5O3/c1-16-15-38(10-9-37(16)8-6-27(31,32)33)21-12-18(28)3-5-20(21)36-25(39)19-4-2-17(23(29)24(19)30)13-35-26(40)22-14-34-7-11-41-22/h2-5,12,16,22,34H,6-11,13-15H2,1H3,(H,35,40)(H,36,39)/t16-,22-/m1/s1. The maximum Gasteiger partial charge on any atom is 0.390 e. The number of nitrogens with one attached hydrogen (secondary N) is 3. The lowest BCUT2D eigenvalue weighted by Crippen LogP contribution is -2.52. The summed E-state index contributed by atoms with van der Waals surface area (Å²) < 4.78 is 73.2. The van der Waals surface area contributed by atoms with Crippen molar-refractivity contribution in [3.8, 4) is 0 Å². The number of hydrogen-bond donors (Lipinski definition) is 3. The van der Waals surface area contributed by atoms with Gasteiger partial charge < -0.3 is 25.6 Å². The van der Waals surface area contributed by atoms with Gasteiger partial charge in [0.1, 0.15) is 6.10 Å². The predicted octanol–water partition coefficient (Wildman–Crippen LogP) is 3.94. The van der Waals surface area contributed by atoms with Crippen LogP contribution in [0.3, 0.4) is 0 Å². The molecule has 2 fully saturated rings. The Balaban J connectivity index is 1.43. The van der Waals surface area contributed by atoms with E-state index in [0.717, 1.165) is 6.07 Å². The van der Waals surface area contributed by atoms with Gasteiger partial charge in [-0.15, -0.1) is 0 Å². The van der Waals surface area contributed by atoms with Gasteiger partial charge in [-0.05, 0) is 31.2 Å². The molecule has 3 N–H and O–H groups in total. The van der Waals surface area contributed by atoms with Crippen molar-refractivity contribution in [2.24, 2.45) is 0 Å². The Hall–Kier alpha value is -3.00. The third kappa shape index (κ3) is 8.06. The van der Waals surface area contributed by atoms with E-state index in [-0.39, 0.29) is 30.4 Å². The average Bonchev–Trinajstić information content (AvgIpc) is 2.93. The van der Waals surface area contributed by atoms with Crippen LogP contribution < -0.4 is 20.9 Å². The first-order valence-corrected chi connectivity index (χ1v) is 13.5. The Morgan fingerprint density at radius 2 is 1.93 bits per heavy atom. The lowest BCUT2D eigenvalue weighted by Gasteiger charge is -2.41. The van der Waals surface area contributed by atoms with E-state index >= 15 is 0 Å². The number of nitrogens with zero attached hydrogens (tertiary/aromatic N) is 2. The number of carbonyl (C=O) groups excluding carboxylic acids is 2. The highest BCUT2D eigenvalue weighted by Gasteiger charge is 2.32. The summed E-state index contributed by atoms with van der Waals surface area (Å²) in [6, 6.07) is 6.79. The Morgan fingerprint density at radius 1 is 1.15 bits per heavy atom. The number of hydrogen-bond acceptors (Lipinski definition) is 6. The molecule has 0 unspecified atom stereocenters. The van der Waals surface area contributed by atoms with Crippen molar-refractivity contribution >= 4 is 34.8 Å². The van der Waals surface area contributed by atoms with Gasteiger partial charge in [-0.25, -0.2) is 8.78 Å². The monoisotopic (exact) mass is 603 g/mol. The van der Waals surface area contributed by atoms with E-state index in [2.05, 4.69) is 16.0 Å². The molecule has 4 rings (SSSR count). The Labute approximate surface area is 239 Å². The first-order valence-electron chi connectivity index (χ1n) is 13.2. The van der Waals surface area contributed by atoms with Crippen LogP contribution >= 0.6 is 11.6 Å². The summed E-state index contributed by atoms with van der Waals surface area (Å²) in [7, 11) is 0. The minimum Gasteiger partial charge on any atom is -0.367 e. The molecule has 2 saturated heterocycles. The summed E-state index contributed by atoms with van der Waals surface area (Å²) in [6.45, 7) is 3.78. The van der Waals surface area contributed by atoms with Crippen LogP contribution in [0.2, 0.25) is 5.02 Å². The fourth-order valence-corrected chi connectivity index (χ4v) is 4.98. The minimum absolute atomic E-state index is 0.117. The lowest BCUT2D eigenvalue weighted by atomic mass is 10.1. The summed E-state index contributed by atoms with van der Waals surface area (Å²) in [5, 5.41) is 8.48. The van der Waals surface area contributed by atoms with Crippen molar-refractivity contribution < 1.29 is 36.3 Å². The predicted molar refractivity (Wildman–Crippen MR) is 144 cm³/mol. The highest BCUT2D eigenvalue weighted by molar-refractivity contribution is 6.31. The molecule has 2 atom stereocenters. The largest absolute Gasteiger partial charge is 0.390 e. The fourth-order valence-electron chi connectivity index (χ4n) is 4.81. The molecular formula is C27H31ClF5N5O3. The van der Waals surface area contributed by atoms with Crippen molar-refractivity contribution in [1.29, 1.82) is 0 Å². The first-order chi connectivity index (χ1) is 19.4. The van der Waals surface area contributed by atoms with E-state index in [4.69, 9.17) is 16.3 Å². The van der Waals surface area contributed by atoms with Gasteiger partial charge in [-0.2, -0.15) is 13.2 Å². The first kappa shape index (κ1) is 30.9. The van der Waals surface area contributed by atoms with Crippen LogP contribution in [0.4, 0.5) is 33.3 Å². The Bertz CT molecular complexity index is 1260. The van der Waals surface area contributed by atoms with Crippen LogP contribution in [-0.4, -0.2) is 80.9 Å². The van der Waals surface area contributed by atoms with Crippen LogP contribution in [0.5, 0.6) is 0 Å². The zero-order valence-electron chi connectivity index (χ0n) is 22.3. The number of carbonyl (C=O) groups is 2. The van der Waals surface area contributed by atoms with Gasteiger partial charge in [0.05, 0.1) is 30.0 Å². The van der Waals surface area contributed by atoms with Crippen LogP contribution in [-0.2, 0) is 16.1 Å². The van der Waals surface area contributed by atoms with E-state index in [1.807, 2.05) is 11.8 Å². The number of amides is 2.